The number of fused-ring (bicyclic) bond motifs is 1. The highest BCUT2D eigenvalue weighted by atomic mass is 19.4. The van der Waals surface area contributed by atoms with E-state index in [4.69, 9.17) is 9.47 Å². The van der Waals surface area contributed by atoms with E-state index in [1.54, 1.807) is 31.2 Å². The maximum absolute atomic E-state index is 14.1. The van der Waals surface area contributed by atoms with Gasteiger partial charge in [-0.25, -0.2) is 4.68 Å². The van der Waals surface area contributed by atoms with Gasteiger partial charge in [0.25, 0.3) is 5.91 Å². The molecule has 1 amide bonds. The van der Waals surface area contributed by atoms with Crippen LogP contribution in [-0.2, 0) is 18.0 Å². The number of hydrogen-bond donors (Lipinski definition) is 1. The maximum Gasteiger partial charge on any atom is 0.417 e. The third-order valence-corrected chi connectivity index (χ3v) is 5.45. The molecule has 0 aliphatic rings. The number of nitrogens with zero attached hydrogens (tertiary/aromatic N) is 3. The zero-order valence-electron chi connectivity index (χ0n) is 19.3. The third kappa shape index (κ3) is 5.21. The molecule has 2 aromatic heterocycles. The van der Waals surface area contributed by atoms with Crippen molar-refractivity contribution in [1.82, 2.24) is 20.1 Å². The summed E-state index contributed by atoms with van der Waals surface area (Å²) in [4.78, 5) is 16.6. The lowest BCUT2D eigenvalue weighted by Gasteiger charge is -2.15. The van der Waals surface area contributed by atoms with Crippen LogP contribution in [0.5, 0.6) is 11.6 Å². The number of nitrogens with one attached hydrogen (secondary N) is 1. The fourth-order valence-electron chi connectivity index (χ4n) is 3.74. The second kappa shape index (κ2) is 9.65. The van der Waals surface area contributed by atoms with Crippen molar-refractivity contribution in [3.8, 4) is 22.9 Å². The Balaban J connectivity index is 1.64. The van der Waals surface area contributed by atoms with Gasteiger partial charge in [0.05, 0.1) is 24.1 Å². The molecule has 0 bridgehead atoms. The molecule has 0 fully saturated rings. The van der Waals surface area contributed by atoms with E-state index in [-0.39, 0.29) is 28.6 Å². The summed E-state index contributed by atoms with van der Waals surface area (Å²) in [6, 6.07) is 16.4. The van der Waals surface area contributed by atoms with E-state index >= 15 is 0 Å². The molecule has 2 aromatic carbocycles. The van der Waals surface area contributed by atoms with Crippen molar-refractivity contribution >= 4 is 16.9 Å². The van der Waals surface area contributed by atoms with Gasteiger partial charge in [-0.05, 0) is 24.6 Å². The topological polar surface area (TPSA) is 78.3 Å². The largest absolute Gasteiger partial charge is 0.497 e. The Hall–Kier alpha value is -4.08. The normalized spacial score (nSPS) is 12.4. The number of hydrogen-bond acceptors (Lipinski definition) is 5. The van der Waals surface area contributed by atoms with E-state index in [0.29, 0.717) is 11.3 Å². The second-order valence-corrected chi connectivity index (χ2v) is 7.90. The molecule has 1 atom stereocenters. The fraction of sp³-hybridized carbons (Fsp3) is 0.240. The average Bonchev–Trinajstić information content (AvgIpc) is 3.18. The monoisotopic (exact) mass is 484 g/mol. The Kier molecular flexibility index (Phi) is 6.63. The molecule has 10 heteroatoms. The number of aryl methyl sites for hydroxylation is 1. The summed E-state index contributed by atoms with van der Waals surface area (Å²) >= 11 is 0. The summed E-state index contributed by atoms with van der Waals surface area (Å²) in [7, 11) is 2.97. The summed E-state index contributed by atoms with van der Waals surface area (Å²) < 4.78 is 54.1. The molecule has 1 N–H and O–H groups in total. The molecule has 182 valence electrons. The van der Waals surface area contributed by atoms with Crippen LogP contribution in [0.2, 0.25) is 0 Å². The first-order chi connectivity index (χ1) is 16.7. The van der Waals surface area contributed by atoms with Crippen LogP contribution >= 0.6 is 0 Å². The van der Waals surface area contributed by atoms with Crippen LogP contribution in [0.3, 0.4) is 0 Å². The predicted octanol–water partition coefficient (Wildman–Crippen LogP) is 4.92. The van der Waals surface area contributed by atoms with Crippen LogP contribution < -0.4 is 14.8 Å². The maximum atomic E-state index is 14.1. The number of ether oxygens (including phenoxy) is 2. The highest BCUT2D eigenvalue weighted by Gasteiger charge is 2.36. The smallest absolute Gasteiger partial charge is 0.417 e. The third-order valence-electron chi connectivity index (χ3n) is 5.45. The molecular weight excluding hydrogens is 461 g/mol. The first-order valence-electron chi connectivity index (χ1n) is 10.7. The van der Waals surface area contributed by atoms with E-state index in [2.05, 4.69) is 15.4 Å². The fourth-order valence-corrected chi connectivity index (χ4v) is 3.74. The van der Waals surface area contributed by atoms with Crippen LogP contribution in [0.4, 0.5) is 13.2 Å². The van der Waals surface area contributed by atoms with Gasteiger partial charge in [0.2, 0.25) is 5.88 Å². The van der Waals surface area contributed by atoms with Gasteiger partial charge in [-0.15, -0.1) is 0 Å². The minimum absolute atomic E-state index is 0.0225. The van der Waals surface area contributed by atoms with Gasteiger partial charge in [-0.1, -0.05) is 42.5 Å². The quantitative estimate of drug-likeness (QED) is 0.403. The zero-order chi connectivity index (χ0) is 25.2. The highest BCUT2D eigenvalue weighted by Crippen LogP contribution is 2.40. The number of halogens is 3. The van der Waals surface area contributed by atoms with E-state index < -0.39 is 24.3 Å². The number of amides is 1. The second-order valence-electron chi connectivity index (χ2n) is 7.90. The molecule has 4 aromatic rings. The summed E-state index contributed by atoms with van der Waals surface area (Å²) in [5.41, 5.74) is 0.472. The van der Waals surface area contributed by atoms with Crippen molar-refractivity contribution in [2.45, 2.75) is 19.1 Å². The molecule has 0 aliphatic heterocycles. The minimum Gasteiger partial charge on any atom is -0.497 e. The summed E-state index contributed by atoms with van der Waals surface area (Å²) in [5.74, 6) is -0.329. The molecule has 0 spiro atoms. The van der Waals surface area contributed by atoms with Crippen molar-refractivity contribution < 1.29 is 27.4 Å². The van der Waals surface area contributed by atoms with Gasteiger partial charge in [-0.3, -0.25) is 4.79 Å². The SMILES string of the molecule is COc1cccc(-c2nn(C)c3nc(OCC(=O)NC(C)c4ccccc4)cc(C(F)(F)F)c23)c1. The molecule has 1 unspecified atom stereocenters. The Morgan fingerprint density at radius 1 is 1.11 bits per heavy atom. The molecule has 0 saturated heterocycles. The van der Waals surface area contributed by atoms with Crippen LogP contribution in [0, 0.1) is 0 Å². The van der Waals surface area contributed by atoms with Crippen molar-refractivity contribution in [1.29, 1.82) is 0 Å². The molecule has 0 aliphatic carbocycles. The van der Waals surface area contributed by atoms with Crippen LogP contribution in [0.15, 0.2) is 60.7 Å². The van der Waals surface area contributed by atoms with Gasteiger partial charge < -0.3 is 14.8 Å². The predicted molar refractivity (Wildman–Crippen MR) is 124 cm³/mol. The number of benzene rings is 2. The van der Waals surface area contributed by atoms with Crippen molar-refractivity contribution in [2.75, 3.05) is 13.7 Å². The minimum atomic E-state index is -4.71. The Bertz CT molecular complexity index is 1350. The molecular formula is C25H23F3N4O3. The number of alkyl halides is 3. The Labute approximate surface area is 199 Å². The molecule has 4 rings (SSSR count). The number of rotatable bonds is 7. The number of carbonyl (C=O) groups excluding carboxylic acids is 1. The van der Waals surface area contributed by atoms with E-state index in [1.807, 2.05) is 30.3 Å². The van der Waals surface area contributed by atoms with Gasteiger partial charge in [0.15, 0.2) is 12.3 Å². The summed E-state index contributed by atoms with van der Waals surface area (Å²) in [6.07, 6.45) is -4.71. The van der Waals surface area contributed by atoms with Gasteiger partial charge in [0, 0.05) is 18.7 Å². The molecule has 0 radical (unpaired) electrons. The number of carbonyl (C=O) groups is 1. The van der Waals surface area contributed by atoms with Crippen molar-refractivity contribution in [2.24, 2.45) is 7.05 Å². The summed E-state index contributed by atoms with van der Waals surface area (Å²) in [6.45, 7) is 1.31. The Morgan fingerprint density at radius 2 is 1.86 bits per heavy atom. The first kappa shape index (κ1) is 24.1. The lowest BCUT2D eigenvalue weighted by molar-refractivity contribution is -0.136. The summed E-state index contributed by atoms with van der Waals surface area (Å²) in [5, 5.41) is 6.87. The van der Waals surface area contributed by atoms with E-state index in [0.717, 1.165) is 11.6 Å². The number of methoxy groups -OCH3 is 1. The molecule has 7 nitrogen and oxygen atoms in total. The lowest BCUT2D eigenvalue weighted by Crippen LogP contribution is -2.31. The van der Waals surface area contributed by atoms with Gasteiger partial charge >= 0.3 is 6.18 Å². The van der Waals surface area contributed by atoms with E-state index in [1.165, 1.54) is 18.8 Å². The van der Waals surface area contributed by atoms with Gasteiger partial charge in [-0.2, -0.15) is 23.3 Å². The van der Waals surface area contributed by atoms with E-state index in [9.17, 15) is 18.0 Å². The van der Waals surface area contributed by atoms with Gasteiger partial charge in [0.1, 0.15) is 11.4 Å². The Morgan fingerprint density at radius 3 is 2.54 bits per heavy atom. The number of aromatic nitrogens is 3. The highest BCUT2D eigenvalue weighted by molar-refractivity contribution is 5.95. The van der Waals surface area contributed by atoms with Crippen molar-refractivity contribution in [3.63, 3.8) is 0 Å². The van der Waals surface area contributed by atoms with Crippen LogP contribution in [-0.4, -0.2) is 34.4 Å². The molecule has 2 heterocycles. The molecule has 35 heavy (non-hydrogen) atoms. The average molecular weight is 484 g/mol. The van der Waals surface area contributed by atoms with Crippen LogP contribution in [0.25, 0.3) is 22.3 Å². The zero-order valence-corrected chi connectivity index (χ0v) is 19.3. The first-order valence-corrected chi connectivity index (χ1v) is 10.7. The van der Waals surface area contributed by atoms with Crippen LogP contribution in [0.1, 0.15) is 24.1 Å². The lowest BCUT2D eigenvalue weighted by atomic mass is 10.0. The molecule has 0 saturated carbocycles. The number of pyridine rings is 1. The van der Waals surface area contributed by atoms with Crippen molar-refractivity contribution in [3.05, 3.63) is 71.8 Å². The standard InChI is InChI=1S/C25H23F3N4O3/c1-15(16-8-5-4-6-9-16)29-20(33)14-35-21-13-19(25(26,27)28)22-23(31-32(2)24(22)30-21)17-10-7-11-18(12-17)34-3/h4-13,15H,14H2,1-3H3,(H,29,33).